The fourth-order valence-electron chi connectivity index (χ4n) is 2.40. The summed E-state index contributed by atoms with van der Waals surface area (Å²) in [5.74, 6) is -0.238. The van der Waals surface area contributed by atoms with Gasteiger partial charge in [-0.2, -0.15) is 0 Å². The largest absolute Gasteiger partial charge is 0.321 e. The van der Waals surface area contributed by atoms with Gasteiger partial charge in [-0.1, -0.05) is 6.92 Å². The molecule has 0 aliphatic rings. The van der Waals surface area contributed by atoms with E-state index in [0.29, 0.717) is 22.4 Å². The normalized spacial score (nSPS) is 12.5. The Morgan fingerprint density at radius 1 is 1.39 bits per heavy atom. The first kappa shape index (κ1) is 15.8. The summed E-state index contributed by atoms with van der Waals surface area (Å²) in [5.41, 5.74) is 6.28. The van der Waals surface area contributed by atoms with Crippen LogP contribution in [0.1, 0.15) is 25.2 Å². The van der Waals surface area contributed by atoms with Gasteiger partial charge in [-0.15, -0.1) is 0 Å². The monoisotopic (exact) mass is 376 g/mol. The van der Waals surface area contributed by atoms with Gasteiger partial charge in [-0.3, -0.25) is 14.3 Å². The molecule has 2 N–H and O–H groups in total. The molecule has 0 fully saturated rings. The van der Waals surface area contributed by atoms with Crippen LogP contribution < -0.4 is 11.3 Å². The molecule has 118 valence electrons. The van der Waals surface area contributed by atoms with E-state index < -0.39 is 11.9 Å². The number of pyridine rings is 1. The third-order valence-corrected chi connectivity index (χ3v) is 4.29. The number of aromatic nitrogens is 3. The first-order valence-corrected chi connectivity index (χ1v) is 7.90. The van der Waals surface area contributed by atoms with Gasteiger partial charge >= 0.3 is 0 Å². The van der Waals surface area contributed by atoms with Crippen molar-refractivity contribution in [2.45, 2.75) is 19.4 Å². The first-order chi connectivity index (χ1) is 11.0. The summed E-state index contributed by atoms with van der Waals surface area (Å²) in [6, 6.07) is 5.72. The summed E-state index contributed by atoms with van der Waals surface area (Å²) in [6.07, 6.45) is 3.72. The van der Waals surface area contributed by atoms with Crippen LogP contribution in [-0.2, 0) is 0 Å². The minimum atomic E-state index is -0.553. The Hall–Kier alpha value is -2.12. The molecule has 0 aliphatic carbocycles. The second kappa shape index (κ2) is 6.17. The average Bonchev–Trinajstić information content (AvgIpc) is 2.57. The molecule has 3 rings (SSSR count). The smallest absolute Gasteiger partial charge is 0.267 e. The minimum absolute atomic E-state index is 0.0171. The highest BCUT2D eigenvalue weighted by Crippen LogP contribution is 2.25. The van der Waals surface area contributed by atoms with E-state index in [1.165, 1.54) is 16.7 Å². The third kappa shape index (κ3) is 2.66. The standard InChI is InChI=1S/C16H14BrFN4O/c1-2-12(19)15-21-14-11(18)6-5-10(17)13(14)16(23)22(15)9-4-3-7-20-8-9/h3-8,12H,2,19H2,1H3/t12-/m0/s1. The molecule has 0 unspecified atom stereocenters. The van der Waals surface area contributed by atoms with E-state index in [2.05, 4.69) is 25.9 Å². The molecule has 3 aromatic rings. The Kier molecular flexibility index (Phi) is 4.23. The van der Waals surface area contributed by atoms with E-state index in [1.54, 1.807) is 24.5 Å². The number of fused-ring (bicyclic) bond motifs is 1. The number of nitrogens with two attached hydrogens (primary N) is 1. The first-order valence-electron chi connectivity index (χ1n) is 7.11. The second-order valence-electron chi connectivity index (χ2n) is 5.09. The number of nitrogens with zero attached hydrogens (tertiary/aromatic N) is 3. The predicted molar refractivity (Wildman–Crippen MR) is 90.0 cm³/mol. The SMILES string of the molecule is CC[C@H](N)c1nc2c(F)ccc(Br)c2c(=O)n1-c1cccnc1. The molecule has 5 nitrogen and oxygen atoms in total. The van der Waals surface area contributed by atoms with Gasteiger partial charge < -0.3 is 5.73 Å². The van der Waals surface area contributed by atoms with Crippen molar-refractivity contribution in [1.82, 2.24) is 14.5 Å². The highest BCUT2D eigenvalue weighted by Gasteiger charge is 2.20. The van der Waals surface area contributed by atoms with Gasteiger partial charge in [0.05, 0.1) is 23.3 Å². The molecular formula is C16H14BrFN4O. The van der Waals surface area contributed by atoms with Crippen LogP contribution in [0.5, 0.6) is 0 Å². The Morgan fingerprint density at radius 3 is 2.83 bits per heavy atom. The fourth-order valence-corrected chi connectivity index (χ4v) is 2.89. The molecule has 0 radical (unpaired) electrons. The Bertz CT molecular complexity index is 927. The molecular weight excluding hydrogens is 363 g/mol. The van der Waals surface area contributed by atoms with Crippen molar-refractivity contribution in [3.05, 3.63) is 63.1 Å². The molecule has 0 saturated heterocycles. The summed E-state index contributed by atoms with van der Waals surface area (Å²) < 4.78 is 16.0. The maximum absolute atomic E-state index is 14.1. The van der Waals surface area contributed by atoms with Gasteiger partial charge in [-0.25, -0.2) is 9.37 Å². The number of halogens is 2. The van der Waals surface area contributed by atoms with Crippen LogP contribution in [0.3, 0.4) is 0 Å². The van der Waals surface area contributed by atoms with Crippen molar-refractivity contribution in [2.24, 2.45) is 5.73 Å². The number of rotatable bonds is 3. The number of hydrogen-bond donors (Lipinski definition) is 1. The van der Waals surface area contributed by atoms with Gasteiger partial charge in [0.2, 0.25) is 0 Å². The summed E-state index contributed by atoms with van der Waals surface area (Å²) in [4.78, 5) is 21.4. The van der Waals surface area contributed by atoms with E-state index >= 15 is 0 Å². The molecule has 0 bridgehead atoms. The Balaban J connectivity index is 2.48. The lowest BCUT2D eigenvalue weighted by Gasteiger charge is -2.17. The lowest BCUT2D eigenvalue weighted by atomic mass is 10.1. The molecule has 23 heavy (non-hydrogen) atoms. The molecule has 2 heterocycles. The highest BCUT2D eigenvalue weighted by atomic mass is 79.9. The molecule has 1 atom stereocenters. The molecule has 0 amide bonds. The van der Waals surface area contributed by atoms with Crippen LogP contribution in [-0.4, -0.2) is 14.5 Å². The topological polar surface area (TPSA) is 73.8 Å². The van der Waals surface area contributed by atoms with Crippen molar-refractivity contribution in [3.8, 4) is 5.69 Å². The average molecular weight is 377 g/mol. The van der Waals surface area contributed by atoms with E-state index in [-0.39, 0.29) is 16.5 Å². The maximum atomic E-state index is 14.1. The number of benzene rings is 1. The number of hydrogen-bond acceptors (Lipinski definition) is 4. The lowest BCUT2D eigenvalue weighted by molar-refractivity contribution is 0.609. The van der Waals surface area contributed by atoms with E-state index in [0.717, 1.165) is 0 Å². The van der Waals surface area contributed by atoms with Crippen LogP contribution in [0.15, 0.2) is 45.9 Å². The summed E-state index contributed by atoms with van der Waals surface area (Å²) >= 11 is 3.30. The molecule has 1 aromatic carbocycles. The molecule has 2 aromatic heterocycles. The van der Waals surface area contributed by atoms with Crippen LogP contribution in [0.25, 0.3) is 16.6 Å². The molecule has 0 aliphatic heterocycles. The lowest BCUT2D eigenvalue weighted by Crippen LogP contribution is -2.28. The maximum Gasteiger partial charge on any atom is 0.267 e. The van der Waals surface area contributed by atoms with Gasteiger partial charge in [0, 0.05) is 10.7 Å². The summed E-state index contributed by atoms with van der Waals surface area (Å²) in [6.45, 7) is 1.88. The van der Waals surface area contributed by atoms with Crippen molar-refractivity contribution in [2.75, 3.05) is 0 Å². The molecule has 0 saturated carbocycles. The zero-order valence-corrected chi connectivity index (χ0v) is 13.9. The Labute approximate surface area is 140 Å². The van der Waals surface area contributed by atoms with E-state index in [9.17, 15) is 9.18 Å². The molecule has 7 heteroatoms. The van der Waals surface area contributed by atoms with Gasteiger partial charge in [-0.05, 0) is 46.6 Å². The van der Waals surface area contributed by atoms with Crippen molar-refractivity contribution < 1.29 is 4.39 Å². The Morgan fingerprint density at radius 2 is 2.17 bits per heavy atom. The summed E-state index contributed by atoms with van der Waals surface area (Å²) in [7, 11) is 0. The summed E-state index contributed by atoms with van der Waals surface area (Å²) in [5, 5.41) is 0.181. The predicted octanol–water partition coefficient (Wildman–Crippen LogP) is 3.09. The van der Waals surface area contributed by atoms with Crippen LogP contribution >= 0.6 is 15.9 Å². The highest BCUT2D eigenvalue weighted by molar-refractivity contribution is 9.10. The third-order valence-electron chi connectivity index (χ3n) is 3.63. The van der Waals surface area contributed by atoms with Crippen LogP contribution in [0.2, 0.25) is 0 Å². The zero-order chi connectivity index (χ0) is 16.6. The van der Waals surface area contributed by atoms with E-state index in [1.807, 2.05) is 6.92 Å². The van der Waals surface area contributed by atoms with Crippen molar-refractivity contribution >= 4 is 26.8 Å². The van der Waals surface area contributed by atoms with Gasteiger partial charge in [0.1, 0.15) is 17.2 Å². The second-order valence-corrected chi connectivity index (χ2v) is 5.94. The zero-order valence-electron chi connectivity index (χ0n) is 12.3. The van der Waals surface area contributed by atoms with E-state index in [4.69, 9.17) is 5.73 Å². The minimum Gasteiger partial charge on any atom is -0.321 e. The van der Waals surface area contributed by atoms with Crippen LogP contribution in [0.4, 0.5) is 4.39 Å². The van der Waals surface area contributed by atoms with Crippen molar-refractivity contribution in [3.63, 3.8) is 0 Å². The van der Waals surface area contributed by atoms with Crippen molar-refractivity contribution in [1.29, 1.82) is 0 Å². The van der Waals surface area contributed by atoms with Gasteiger partial charge in [0.15, 0.2) is 0 Å². The van der Waals surface area contributed by atoms with Crippen LogP contribution in [0, 0.1) is 5.82 Å². The molecule has 0 spiro atoms. The fraction of sp³-hybridized carbons (Fsp3) is 0.188. The van der Waals surface area contributed by atoms with Gasteiger partial charge in [0.25, 0.3) is 5.56 Å². The quantitative estimate of drug-likeness (QED) is 0.761.